The van der Waals surface area contributed by atoms with Crippen LogP contribution in [0, 0.1) is 0 Å². The maximum Gasteiger partial charge on any atom is 0.338 e. The molecule has 3 aromatic rings. The first kappa shape index (κ1) is 33.0. The summed E-state index contributed by atoms with van der Waals surface area (Å²) in [5.41, 5.74) is 2.08. The number of amides is 1. The number of hydrogen-bond donors (Lipinski definition) is 0. The van der Waals surface area contributed by atoms with E-state index in [9.17, 15) is 14.4 Å². The molecule has 1 atom stereocenters. The van der Waals surface area contributed by atoms with Gasteiger partial charge in [-0.2, -0.15) is 0 Å². The van der Waals surface area contributed by atoms with E-state index in [0.29, 0.717) is 88.3 Å². The number of fused-ring (bicyclic) bond motifs is 1. The van der Waals surface area contributed by atoms with Crippen LogP contribution < -0.4 is 29.1 Å². The van der Waals surface area contributed by atoms with Crippen molar-refractivity contribution in [1.29, 1.82) is 0 Å². The first-order valence-corrected chi connectivity index (χ1v) is 16.3. The fourth-order valence-corrected chi connectivity index (χ4v) is 6.46. The number of rotatable bonds is 12. The molecule has 0 radical (unpaired) electrons. The van der Waals surface area contributed by atoms with Crippen molar-refractivity contribution < 1.29 is 33.3 Å². The molecule has 0 saturated carbocycles. The van der Waals surface area contributed by atoms with Crippen molar-refractivity contribution in [2.45, 2.75) is 39.7 Å². The summed E-state index contributed by atoms with van der Waals surface area (Å²) in [5.74, 6) is 0.882. The molecule has 1 aromatic heterocycles. The van der Waals surface area contributed by atoms with Gasteiger partial charge in [0.1, 0.15) is 5.75 Å². The van der Waals surface area contributed by atoms with E-state index in [1.54, 1.807) is 47.8 Å². The third-order valence-corrected chi connectivity index (χ3v) is 8.56. The number of carbonyl (C=O) groups is 2. The number of benzene rings is 2. The van der Waals surface area contributed by atoms with E-state index in [1.165, 1.54) is 11.3 Å². The van der Waals surface area contributed by atoms with Crippen LogP contribution in [0.1, 0.15) is 50.8 Å². The minimum atomic E-state index is -0.743. The second kappa shape index (κ2) is 15.2. The number of hydrogen-bond acceptors (Lipinski definition) is 10. The Kier molecular flexibility index (Phi) is 10.9. The zero-order valence-corrected chi connectivity index (χ0v) is 27.4. The van der Waals surface area contributed by atoms with Gasteiger partial charge in [0.25, 0.3) is 11.5 Å². The van der Waals surface area contributed by atoms with Gasteiger partial charge in [-0.05, 0) is 61.7 Å². The highest BCUT2D eigenvalue weighted by molar-refractivity contribution is 7.07. The third-order valence-electron chi connectivity index (χ3n) is 7.58. The van der Waals surface area contributed by atoms with Crippen LogP contribution in [0.5, 0.6) is 17.2 Å². The van der Waals surface area contributed by atoms with E-state index in [2.05, 4.69) is 0 Å². The lowest BCUT2D eigenvalue weighted by Gasteiger charge is -2.26. The summed E-state index contributed by atoms with van der Waals surface area (Å²) in [4.78, 5) is 47.2. The van der Waals surface area contributed by atoms with Crippen LogP contribution in [0.4, 0.5) is 0 Å². The Hall–Kier alpha value is -4.42. The number of allylic oxidation sites excluding steroid dienone is 1. The molecule has 11 nitrogen and oxygen atoms in total. The highest BCUT2D eigenvalue weighted by Gasteiger charge is 2.34. The largest absolute Gasteiger partial charge is 0.497 e. The summed E-state index contributed by atoms with van der Waals surface area (Å²) >= 11 is 1.25. The van der Waals surface area contributed by atoms with Crippen molar-refractivity contribution in [3.63, 3.8) is 0 Å². The minimum Gasteiger partial charge on any atom is -0.497 e. The van der Waals surface area contributed by atoms with Crippen molar-refractivity contribution in [2.75, 3.05) is 53.2 Å². The van der Waals surface area contributed by atoms with E-state index >= 15 is 0 Å². The maximum absolute atomic E-state index is 14.1. The topological polar surface area (TPSA) is 118 Å². The molecule has 0 spiro atoms. The van der Waals surface area contributed by atoms with Crippen molar-refractivity contribution in [3.8, 4) is 17.2 Å². The number of thiazole rings is 1. The Morgan fingerprint density at radius 1 is 1.04 bits per heavy atom. The number of nitrogens with zero attached hydrogens (tertiary/aromatic N) is 3. The maximum atomic E-state index is 14.1. The van der Waals surface area contributed by atoms with E-state index in [-0.39, 0.29) is 24.7 Å². The molecule has 12 heteroatoms. The predicted octanol–water partition coefficient (Wildman–Crippen LogP) is 3.22. The molecule has 3 heterocycles. The summed E-state index contributed by atoms with van der Waals surface area (Å²) in [6.45, 7) is 8.20. The van der Waals surface area contributed by atoms with Crippen LogP contribution in [0.3, 0.4) is 0 Å². The van der Waals surface area contributed by atoms with Crippen molar-refractivity contribution in [2.24, 2.45) is 4.99 Å². The number of morpholine rings is 1. The first-order chi connectivity index (χ1) is 22.4. The summed E-state index contributed by atoms with van der Waals surface area (Å²) in [7, 11) is 1.57. The number of esters is 1. The van der Waals surface area contributed by atoms with Crippen LogP contribution in [0.2, 0.25) is 0 Å². The SMILES string of the molecule is CCCC1=C(C(=O)OCC)[C@@H](c2cccc(OC)c2)n2c(s/c(=C/c3ccc(OCC(=O)N4CCOCC4)c(OCC)c3)c2=O)=N1. The Bertz CT molecular complexity index is 1790. The smallest absolute Gasteiger partial charge is 0.338 e. The molecule has 1 fully saturated rings. The van der Waals surface area contributed by atoms with Crippen LogP contribution in [0.25, 0.3) is 6.08 Å². The fraction of sp³-hybridized carbons (Fsp3) is 0.412. The van der Waals surface area contributed by atoms with E-state index in [4.69, 9.17) is 28.7 Å². The van der Waals surface area contributed by atoms with Crippen molar-refractivity contribution >= 4 is 29.3 Å². The number of methoxy groups -OCH3 is 1. The summed E-state index contributed by atoms with van der Waals surface area (Å²) in [6.07, 6.45) is 3.08. The lowest BCUT2D eigenvalue weighted by Crippen LogP contribution is -2.43. The van der Waals surface area contributed by atoms with Crippen LogP contribution in [-0.2, 0) is 19.1 Å². The van der Waals surface area contributed by atoms with E-state index in [0.717, 1.165) is 6.42 Å². The Labute approximate surface area is 271 Å². The highest BCUT2D eigenvalue weighted by atomic mass is 32.1. The van der Waals surface area contributed by atoms with Crippen molar-refractivity contribution in [3.05, 3.63) is 84.5 Å². The normalized spacial score (nSPS) is 16.5. The molecule has 0 unspecified atom stereocenters. The van der Waals surface area contributed by atoms with Gasteiger partial charge in [-0.3, -0.25) is 14.2 Å². The number of aromatic nitrogens is 1. The van der Waals surface area contributed by atoms with Gasteiger partial charge in [-0.25, -0.2) is 9.79 Å². The fourth-order valence-electron chi connectivity index (χ4n) is 5.44. The summed E-state index contributed by atoms with van der Waals surface area (Å²) in [6, 6.07) is 11.9. The van der Waals surface area contributed by atoms with Gasteiger partial charge < -0.3 is 28.6 Å². The number of ether oxygens (including phenoxy) is 5. The van der Waals surface area contributed by atoms with Crippen LogP contribution in [-0.4, -0.2) is 74.6 Å². The zero-order valence-electron chi connectivity index (χ0n) is 26.6. The molecule has 1 amide bonds. The standard InChI is InChI=1S/C34H39N3O8S/c1-5-9-25-30(33(40)44-7-3)31(23-10-8-11-24(20-23)41-4)37-32(39)28(46-34(37)35-25)19-22-12-13-26(27(18-22)43-6-2)45-21-29(38)36-14-16-42-17-15-36/h8,10-13,18-20,31H,5-7,9,14-17,21H2,1-4H3/b28-19+/t31-/m1/s1. The molecule has 5 rings (SSSR count). The van der Waals surface area contributed by atoms with Gasteiger partial charge in [0.05, 0.1) is 55.4 Å². The highest BCUT2D eigenvalue weighted by Crippen LogP contribution is 2.34. The van der Waals surface area contributed by atoms with E-state index < -0.39 is 12.0 Å². The molecule has 0 aliphatic carbocycles. The van der Waals surface area contributed by atoms with Crippen molar-refractivity contribution in [1.82, 2.24) is 9.47 Å². The average Bonchev–Trinajstić information content (AvgIpc) is 3.38. The molecular weight excluding hydrogens is 610 g/mol. The van der Waals surface area contributed by atoms with Gasteiger partial charge in [0.15, 0.2) is 22.9 Å². The monoisotopic (exact) mass is 649 g/mol. The molecule has 2 aliphatic heterocycles. The van der Waals surface area contributed by atoms with E-state index in [1.807, 2.05) is 38.1 Å². The first-order valence-electron chi connectivity index (χ1n) is 15.5. The summed E-state index contributed by atoms with van der Waals surface area (Å²) < 4.78 is 30.0. The van der Waals surface area contributed by atoms with Gasteiger partial charge >= 0.3 is 5.97 Å². The van der Waals surface area contributed by atoms with Gasteiger partial charge in [0, 0.05) is 13.1 Å². The quantitative estimate of drug-likeness (QED) is 0.275. The Morgan fingerprint density at radius 3 is 2.57 bits per heavy atom. The van der Waals surface area contributed by atoms with Gasteiger partial charge in [0.2, 0.25) is 0 Å². The molecule has 244 valence electrons. The Morgan fingerprint density at radius 2 is 1.85 bits per heavy atom. The minimum absolute atomic E-state index is 0.119. The lowest BCUT2D eigenvalue weighted by molar-refractivity contribution is -0.139. The van der Waals surface area contributed by atoms with Crippen LogP contribution in [0.15, 0.2) is 63.5 Å². The lowest BCUT2D eigenvalue weighted by atomic mass is 9.94. The second-order valence-corrected chi connectivity index (χ2v) is 11.6. The molecule has 1 saturated heterocycles. The average molecular weight is 650 g/mol. The van der Waals surface area contributed by atoms with Gasteiger partial charge in [-0.1, -0.05) is 42.9 Å². The molecule has 0 bridgehead atoms. The van der Waals surface area contributed by atoms with Crippen LogP contribution >= 0.6 is 11.3 Å². The number of carbonyl (C=O) groups excluding carboxylic acids is 2. The third kappa shape index (κ3) is 7.18. The molecule has 2 aromatic carbocycles. The molecule has 2 aliphatic rings. The second-order valence-electron chi connectivity index (χ2n) is 10.6. The predicted molar refractivity (Wildman–Crippen MR) is 173 cm³/mol. The molecular formula is C34H39N3O8S. The molecule has 46 heavy (non-hydrogen) atoms. The summed E-state index contributed by atoms with van der Waals surface area (Å²) in [5, 5.41) is 0. The molecule has 0 N–H and O–H groups in total. The Balaban J connectivity index is 1.55. The van der Waals surface area contributed by atoms with Gasteiger partial charge in [-0.15, -0.1) is 0 Å². The zero-order chi connectivity index (χ0) is 32.6.